The molecule has 0 bridgehead atoms. The van der Waals surface area contributed by atoms with Gasteiger partial charge in [0.15, 0.2) is 0 Å². The topological polar surface area (TPSA) is 114 Å². The van der Waals surface area contributed by atoms with Crippen LogP contribution < -0.4 is 11.1 Å². The Morgan fingerprint density at radius 2 is 2.20 bits per heavy atom. The first kappa shape index (κ1) is 17.2. The molecule has 1 aromatic carbocycles. The van der Waals surface area contributed by atoms with Gasteiger partial charge in [-0.3, -0.25) is 4.79 Å². The maximum atomic E-state index is 12.2. The van der Waals surface area contributed by atoms with Gasteiger partial charge in [-0.2, -0.15) is 4.98 Å². The average Bonchev–Trinajstić information content (AvgIpc) is 3.09. The standard InChI is InChI=1S/C16H18ClN5O3/c17-12-6-2-1-5-11(12)15-20-13(25-21-15)8-19-16(24)22-7-3-4-10(9-22)14(18)23/h1-2,5-6,10H,3-4,7-9H2,(H2,18,23)(H,19,24). The van der Waals surface area contributed by atoms with Crippen LogP contribution in [-0.2, 0) is 11.3 Å². The van der Waals surface area contributed by atoms with Crippen molar-refractivity contribution in [3.63, 3.8) is 0 Å². The van der Waals surface area contributed by atoms with Gasteiger partial charge in [0.2, 0.25) is 17.6 Å². The number of aromatic nitrogens is 2. The number of halogens is 1. The van der Waals surface area contributed by atoms with Crippen molar-refractivity contribution in [3.05, 3.63) is 35.2 Å². The van der Waals surface area contributed by atoms with Crippen LogP contribution in [-0.4, -0.2) is 40.1 Å². The van der Waals surface area contributed by atoms with E-state index in [1.54, 1.807) is 17.0 Å². The fourth-order valence-corrected chi connectivity index (χ4v) is 2.96. The monoisotopic (exact) mass is 363 g/mol. The van der Waals surface area contributed by atoms with Crippen LogP contribution in [0.2, 0.25) is 5.02 Å². The van der Waals surface area contributed by atoms with Gasteiger partial charge in [0.05, 0.1) is 17.5 Å². The van der Waals surface area contributed by atoms with Gasteiger partial charge < -0.3 is 20.5 Å². The molecule has 3 amide bonds. The molecule has 1 aromatic heterocycles. The maximum absolute atomic E-state index is 12.2. The number of piperidine rings is 1. The van der Waals surface area contributed by atoms with Gasteiger partial charge in [-0.1, -0.05) is 28.9 Å². The van der Waals surface area contributed by atoms with E-state index in [0.717, 1.165) is 6.42 Å². The number of hydrogen-bond donors (Lipinski definition) is 2. The van der Waals surface area contributed by atoms with Crippen molar-refractivity contribution in [2.24, 2.45) is 11.7 Å². The van der Waals surface area contributed by atoms with Crippen molar-refractivity contribution in [1.29, 1.82) is 0 Å². The quantitative estimate of drug-likeness (QED) is 0.859. The van der Waals surface area contributed by atoms with Crippen molar-refractivity contribution in [2.75, 3.05) is 13.1 Å². The van der Waals surface area contributed by atoms with E-state index >= 15 is 0 Å². The van der Waals surface area contributed by atoms with Gasteiger partial charge in [-0.05, 0) is 25.0 Å². The lowest BCUT2D eigenvalue weighted by Gasteiger charge is -2.31. The van der Waals surface area contributed by atoms with E-state index in [0.29, 0.717) is 35.9 Å². The zero-order valence-corrected chi connectivity index (χ0v) is 14.2. The summed E-state index contributed by atoms with van der Waals surface area (Å²) in [5, 5.41) is 7.11. The molecule has 9 heteroatoms. The number of benzene rings is 1. The van der Waals surface area contributed by atoms with E-state index in [1.807, 2.05) is 12.1 Å². The van der Waals surface area contributed by atoms with Gasteiger partial charge in [0.25, 0.3) is 0 Å². The predicted octanol–water partition coefficient (Wildman–Crippen LogP) is 1.80. The molecule has 0 saturated carbocycles. The number of primary amides is 1. The summed E-state index contributed by atoms with van der Waals surface area (Å²) in [4.78, 5) is 29.3. The summed E-state index contributed by atoms with van der Waals surface area (Å²) >= 11 is 6.10. The van der Waals surface area contributed by atoms with E-state index in [9.17, 15) is 9.59 Å². The second kappa shape index (κ2) is 7.52. The number of rotatable bonds is 4. The molecule has 1 unspecified atom stereocenters. The molecule has 0 radical (unpaired) electrons. The van der Waals surface area contributed by atoms with Crippen LogP contribution in [0.1, 0.15) is 18.7 Å². The van der Waals surface area contributed by atoms with E-state index < -0.39 is 0 Å². The molecular formula is C16H18ClN5O3. The summed E-state index contributed by atoms with van der Waals surface area (Å²) in [6.45, 7) is 1.01. The first-order chi connectivity index (χ1) is 12.0. The maximum Gasteiger partial charge on any atom is 0.317 e. The summed E-state index contributed by atoms with van der Waals surface area (Å²) in [5.74, 6) is -0.0399. The van der Waals surface area contributed by atoms with Crippen molar-refractivity contribution < 1.29 is 14.1 Å². The molecule has 2 heterocycles. The molecule has 132 valence electrons. The number of hydrogen-bond acceptors (Lipinski definition) is 5. The number of carbonyl (C=O) groups excluding carboxylic acids is 2. The summed E-state index contributed by atoms with van der Waals surface area (Å²) in [7, 11) is 0. The number of amides is 3. The van der Waals surface area contributed by atoms with Crippen LogP contribution in [0.15, 0.2) is 28.8 Å². The highest BCUT2D eigenvalue weighted by Crippen LogP contribution is 2.24. The Labute approximate surface area is 149 Å². The normalized spacial score (nSPS) is 17.3. The van der Waals surface area contributed by atoms with E-state index in [-0.39, 0.29) is 30.3 Å². The Morgan fingerprint density at radius 1 is 1.40 bits per heavy atom. The molecule has 8 nitrogen and oxygen atoms in total. The molecule has 1 aliphatic heterocycles. The molecular weight excluding hydrogens is 346 g/mol. The zero-order chi connectivity index (χ0) is 17.8. The van der Waals surface area contributed by atoms with Crippen molar-refractivity contribution in [2.45, 2.75) is 19.4 Å². The lowest BCUT2D eigenvalue weighted by atomic mass is 9.98. The zero-order valence-electron chi connectivity index (χ0n) is 13.4. The number of nitrogens with zero attached hydrogens (tertiary/aromatic N) is 3. The summed E-state index contributed by atoms with van der Waals surface area (Å²) in [5.41, 5.74) is 5.98. The molecule has 1 atom stereocenters. The molecule has 25 heavy (non-hydrogen) atoms. The minimum absolute atomic E-state index is 0.0913. The number of carbonyl (C=O) groups is 2. The Hall–Kier alpha value is -2.61. The van der Waals surface area contributed by atoms with E-state index in [2.05, 4.69) is 15.5 Å². The minimum atomic E-state index is -0.376. The van der Waals surface area contributed by atoms with Crippen LogP contribution in [0.3, 0.4) is 0 Å². The number of likely N-dealkylation sites (tertiary alicyclic amines) is 1. The van der Waals surface area contributed by atoms with Gasteiger partial charge in [0.1, 0.15) is 0 Å². The fraction of sp³-hybridized carbons (Fsp3) is 0.375. The van der Waals surface area contributed by atoms with Crippen LogP contribution in [0, 0.1) is 5.92 Å². The van der Waals surface area contributed by atoms with Crippen molar-refractivity contribution in [1.82, 2.24) is 20.4 Å². The highest BCUT2D eigenvalue weighted by Gasteiger charge is 2.27. The fourth-order valence-electron chi connectivity index (χ4n) is 2.74. The highest BCUT2D eigenvalue weighted by molar-refractivity contribution is 6.33. The van der Waals surface area contributed by atoms with Crippen LogP contribution in [0.5, 0.6) is 0 Å². The van der Waals surface area contributed by atoms with Crippen LogP contribution in [0.25, 0.3) is 11.4 Å². The summed E-state index contributed by atoms with van der Waals surface area (Å²) in [6, 6.07) is 6.87. The molecule has 1 saturated heterocycles. The third-order valence-electron chi connectivity index (χ3n) is 4.08. The van der Waals surface area contributed by atoms with E-state index in [4.69, 9.17) is 21.9 Å². The average molecular weight is 364 g/mol. The summed E-state index contributed by atoms with van der Waals surface area (Å²) in [6.07, 6.45) is 1.46. The van der Waals surface area contributed by atoms with Crippen LogP contribution in [0.4, 0.5) is 4.79 Å². The van der Waals surface area contributed by atoms with Gasteiger partial charge in [-0.15, -0.1) is 0 Å². The smallest absolute Gasteiger partial charge is 0.317 e. The largest absolute Gasteiger partial charge is 0.369 e. The molecule has 0 aliphatic carbocycles. The second-order valence-corrected chi connectivity index (χ2v) is 6.25. The van der Waals surface area contributed by atoms with Gasteiger partial charge in [0, 0.05) is 18.7 Å². The van der Waals surface area contributed by atoms with Crippen molar-refractivity contribution >= 4 is 23.5 Å². The molecule has 3 rings (SSSR count). The van der Waals surface area contributed by atoms with Crippen LogP contribution >= 0.6 is 11.6 Å². The second-order valence-electron chi connectivity index (χ2n) is 5.84. The molecule has 1 fully saturated rings. The summed E-state index contributed by atoms with van der Waals surface area (Å²) < 4.78 is 5.14. The third kappa shape index (κ3) is 4.08. The lowest BCUT2D eigenvalue weighted by Crippen LogP contribution is -2.47. The Kier molecular flexibility index (Phi) is 5.18. The van der Waals surface area contributed by atoms with Gasteiger partial charge >= 0.3 is 6.03 Å². The first-order valence-corrected chi connectivity index (χ1v) is 8.32. The van der Waals surface area contributed by atoms with Crippen molar-refractivity contribution in [3.8, 4) is 11.4 Å². The molecule has 2 aromatic rings. The third-order valence-corrected chi connectivity index (χ3v) is 4.41. The van der Waals surface area contributed by atoms with Gasteiger partial charge in [-0.25, -0.2) is 4.79 Å². The molecule has 0 spiro atoms. The number of nitrogens with one attached hydrogen (secondary N) is 1. The Balaban J connectivity index is 1.58. The SMILES string of the molecule is NC(=O)C1CCCN(C(=O)NCc2nc(-c3ccccc3Cl)no2)C1. The highest BCUT2D eigenvalue weighted by atomic mass is 35.5. The molecule has 1 aliphatic rings. The van der Waals surface area contributed by atoms with E-state index in [1.165, 1.54) is 0 Å². The number of nitrogens with two attached hydrogens (primary N) is 1. The number of urea groups is 1. The Morgan fingerprint density at radius 3 is 2.96 bits per heavy atom. The predicted molar refractivity (Wildman–Crippen MR) is 90.5 cm³/mol. The minimum Gasteiger partial charge on any atom is -0.369 e. The lowest BCUT2D eigenvalue weighted by molar-refractivity contribution is -0.123. The Bertz CT molecular complexity index is 779. The first-order valence-electron chi connectivity index (χ1n) is 7.94. The molecule has 3 N–H and O–H groups in total.